The summed E-state index contributed by atoms with van der Waals surface area (Å²) in [6.45, 7) is 18.2. The maximum Gasteiger partial charge on any atom is 0.143 e. The second-order valence-electron chi connectivity index (χ2n) is 14.4. The highest BCUT2D eigenvalue weighted by molar-refractivity contribution is 6.36. The van der Waals surface area contributed by atoms with Crippen LogP contribution >= 0.6 is 0 Å². The number of hydrogen-bond acceptors (Lipinski definition) is 2. The van der Waals surface area contributed by atoms with E-state index in [1.54, 1.807) is 0 Å². The van der Waals surface area contributed by atoms with Crippen molar-refractivity contribution in [3.63, 3.8) is 0 Å². The van der Waals surface area contributed by atoms with Crippen molar-refractivity contribution in [2.75, 3.05) is 0 Å². The molecule has 0 spiro atoms. The summed E-state index contributed by atoms with van der Waals surface area (Å²) in [6.07, 6.45) is 0. The summed E-state index contributed by atoms with van der Waals surface area (Å²) in [5, 5.41) is 12.4. The topological polar surface area (TPSA) is 26.3 Å². The third-order valence-electron chi connectivity index (χ3n) is 9.27. The fraction of sp³-hybridized carbons (Fsp3) is 0.282. The normalized spacial score (nSPS) is 13.6. The van der Waals surface area contributed by atoms with Gasteiger partial charge in [0.1, 0.15) is 22.3 Å². The third kappa shape index (κ3) is 3.37. The molecular formula is C39H36O2. The van der Waals surface area contributed by atoms with Crippen molar-refractivity contribution in [1.82, 2.24) is 0 Å². The summed E-state index contributed by atoms with van der Waals surface area (Å²) >= 11 is 0. The van der Waals surface area contributed by atoms with Gasteiger partial charge < -0.3 is 8.83 Å². The van der Waals surface area contributed by atoms with Gasteiger partial charge in [-0.15, -0.1) is 0 Å². The van der Waals surface area contributed by atoms with Gasteiger partial charge in [-0.1, -0.05) is 79.7 Å². The summed E-state index contributed by atoms with van der Waals surface area (Å²) in [6, 6.07) is 25.0. The van der Waals surface area contributed by atoms with Crippen LogP contribution in [0.1, 0.15) is 78.0 Å². The van der Waals surface area contributed by atoms with Crippen LogP contribution in [0.5, 0.6) is 0 Å². The van der Waals surface area contributed by atoms with Crippen LogP contribution in [0, 0.1) is 0 Å². The molecule has 0 aliphatic heterocycles. The van der Waals surface area contributed by atoms with Crippen LogP contribution < -0.4 is 0 Å². The zero-order chi connectivity index (χ0) is 28.6. The van der Waals surface area contributed by atoms with E-state index in [1.807, 2.05) is 0 Å². The van der Waals surface area contributed by atoms with Gasteiger partial charge in [0.25, 0.3) is 0 Å². The highest BCUT2D eigenvalue weighted by atomic mass is 16.3. The first-order chi connectivity index (χ1) is 19.4. The standard InChI is InChI=1S/C39H36O2/c1-20(2)26-15-21-16-29-27-17-22(38(3,4)5)9-13-31(27)41-37(29)25-12-11-24-35-30-18-23(39(6,7)8)10-14-32(30)40-33(35)19-28(26)36(24)34(21)25/h9-20H,1-8H3. The van der Waals surface area contributed by atoms with Gasteiger partial charge in [-0.2, -0.15) is 0 Å². The molecule has 2 heterocycles. The van der Waals surface area contributed by atoms with Crippen LogP contribution in [-0.2, 0) is 10.8 Å². The molecule has 0 amide bonds. The lowest BCUT2D eigenvalue weighted by Crippen LogP contribution is -2.10. The lowest BCUT2D eigenvalue weighted by molar-refractivity contribution is 0.590. The minimum Gasteiger partial charge on any atom is -0.456 e. The Hall–Kier alpha value is -4.04. The van der Waals surface area contributed by atoms with Gasteiger partial charge in [0.15, 0.2) is 0 Å². The van der Waals surface area contributed by atoms with Gasteiger partial charge >= 0.3 is 0 Å². The highest BCUT2D eigenvalue weighted by Crippen LogP contribution is 2.48. The Kier molecular flexibility index (Phi) is 4.72. The largest absolute Gasteiger partial charge is 0.456 e. The smallest absolute Gasteiger partial charge is 0.143 e. The monoisotopic (exact) mass is 536 g/mol. The van der Waals surface area contributed by atoms with Crippen molar-refractivity contribution in [3.8, 4) is 0 Å². The Morgan fingerprint density at radius 1 is 0.488 bits per heavy atom. The lowest BCUT2D eigenvalue weighted by Gasteiger charge is -2.19. The molecule has 0 saturated carbocycles. The van der Waals surface area contributed by atoms with Crippen LogP contribution in [0.3, 0.4) is 0 Å². The second-order valence-corrected chi connectivity index (χ2v) is 14.4. The summed E-state index contributed by atoms with van der Waals surface area (Å²) in [5.41, 5.74) is 7.97. The summed E-state index contributed by atoms with van der Waals surface area (Å²) in [7, 11) is 0. The highest BCUT2D eigenvalue weighted by Gasteiger charge is 2.24. The average Bonchev–Trinajstić information content (AvgIpc) is 3.47. The van der Waals surface area contributed by atoms with Gasteiger partial charge in [0.05, 0.1) is 0 Å². The minimum absolute atomic E-state index is 0.0616. The molecule has 0 aliphatic rings. The Labute approximate surface area is 240 Å². The van der Waals surface area contributed by atoms with Gasteiger partial charge in [-0.25, -0.2) is 0 Å². The number of hydrogen-bond donors (Lipinski definition) is 0. The van der Waals surface area contributed by atoms with Gasteiger partial charge in [-0.05, 0) is 97.4 Å². The molecule has 0 N–H and O–H groups in total. The van der Waals surface area contributed by atoms with Crippen molar-refractivity contribution in [2.45, 2.75) is 72.1 Å². The van der Waals surface area contributed by atoms with Crippen LogP contribution in [-0.4, -0.2) is 0 Å². The van der Waals surface area contributed by atoms with Crippen LogP contribution in [0.15, 0.2) is 75.6 Å². The molecule has 6 aromatic carbocycles. The predicted octanol–water partition coefficient (Wildman–Crippen LogP) is 12.1. The quantitative estimate of drug-likeness (QED) is 0.195. The second kappa shape index (κ2) is 7.82. The van der Waals surface area contributed by atoms with Crippen molar-refractivity contribution in [3.05, 3.63) is 83.4 Å². The number of rotatable bonds is 1. The van der Waals surface area contributed by atoms with E-state index in [-0.39, 0.29) is 10.8 Å². The van der Waals surface area contributed by atoms with E-state index in [4.69, 9.17) is 8.83 Å². The Balaban J connectivity index is 1.57. The van der Waals surface area contributed by atoms with Crippen LogP contribution in [0.25, 0.3) is 76.2 Å². The molecule has 8 aromatic rings. The third-order valence-corrected chi connectivity index (χ3v) is 9.27. The Morgan fingerprint density at radius 3 is 1.78 bits per heavy atom. The Bertz CT molecular complexity index is 2340. The molecule has 2 heteroatoms. The summed E-state index contributed by atoms with van der Waals surface area (Å²) in [5.74, 6) is 0.375. The zero-order valence-electron chi connectivity index (χ0n) is 25.2. The summed E-state index contributed by atoms with van der Waals surface area (Å²) < 4.78 is 13.2. The van der Waals surface area contributed by atoms with E-state index in [1.165, 1.54) is 70.6 Å². The van der Waals surface area contributed by atoms with E-state index in [9.17, 15) is 0 Å². The van der Waals surface area contributed by atoms with Gasteiger partial charge in [0.2, 0.25) is 0 Å². The molecule has 2 aromatic heterocycles. The van der Waals surface area contributed by atoms with Gasteiger partial charge in [-0.3, -0.25) is 0 Å². The van der Waals surface area contributed by atoms with E-state index in [0.29, 0.717) is 5.92 Å². The van der Waals surface area contributed by atoms with E-state index in [2.05, 4.69) is 122 Å². The fourth-order valence-electron chi connectivity index (χ4n) is 6.96. The molecule has 41 heavy (non-hydrogen) atoms. The van der Waals surface area contributed by atoms with E-state index >= 15 is 0 Å². The number of benzene rings is 6. The molecule has 0 saturated heterocycles. The average molecular weight is 537 g/mol. The van der Waals surface area contributed by atoms with Crippen molar-refractivity contribution in [2.24, 2.45) is 0 Å². The molecule has 0 unspecified atom stereocenters. The first-order valence-electron chi connectivity index (χ1n) is 14.9. The maximum atomic E-state index is 6.63. The van der Waals surface area contributed by atoms with Crippen LogP contribution in [0.2, 0.25) is 0 Å². The first-order valence-corrected chi connectivity index (χ1v) is 14.9. The maximum absolute atomic E-state index is 6.63. The first kappa shape index (κ1) is 24.7. The molecule has 0 radical (unpaired) electrons. The summed E-state index contributed by atoms with van der Waals surface area (Å²) in [4.78, 5) is 0. The fourth-order valence-corrected chi connectivity index (χ4v) is 6.96. The van der Waals surface area contributed by atoms with Crippen LogP contribution in [0.4, 0.5) is 0 Å². The zero-order valence-corrected chi connectivity index (χ0v) is 25.2. The molecule has 0 fully saturated rings. The molecular weight excluding hydrogens is 500 g/mol. The SMILES string of the molecule is CC(C)c1cc2cc3c4cc(C(C)(C)C)ccc4oc3c3ccc4c5c(cc1c4c23)oc1ccc(C(C)(C)C)cc15. The van der Waals surface area contributed by atoms with E-state index in [0.717, 1.165) is 22.3 Å². The van der Waals surface area contributed by atoms with Crippen molar-refractivity contribution >= 4 is 76.2 Å². The Morgan fingerprint density at radius 2 is 1.12 bits per heavy atom. The van der Waals surface area contributed by atoms with Gasteiger partial charge in [0, 0.05) is 32.3 Å². The molecule has 0 aliphatic carbocycles. The van der Waals surface area contributed by atoms with Crippen molar-refractivity contribution in [1.29, 1.82) is 0 Å². The predicted molar refractivity (Wildman–Crippen MR) is 176 cm³/mol. The lowest BCUT2D eigenvalue weighted by atomic mass is 9.84. The molecule has 8 rings (SSSR count). The van der Waals surface area contributed by atoms with E-state index < -0.39 is 0 Å². The molecule has 0 bridgehead atoms. The molecule has 0 atom stereocenters. The minimum atomic E-state index is 0.0616. The number of furan rings is 2. The van der Waals surface area contributed by atoms with Crippen molar-refractivity contribution < 1.29 is 8.83 Å². The molecule has 204 valence electrons. The number of fused-ring (bicyclic) bond motifs is 8. The molecule has 2 nitrogen and oxygen atoms in total.